The largest absolute Gasteiger partial charge is 0.504 e. The number of nitrogens with zero attached hydrogens (tertiary/aromatic N) is 2. The van der Waals surface area contributed by atoms with Crippen LogP contribution in [0, 0.1) is 0 Å². The van der Waals surface area contributed by atoms with Gasteiger partial charge in [-0.2, -0.15) is 10.1 Å². The van der Waals surface area contributed by atoms with Crippen LogP contribution in [0.5, 0.6) is 11.5 Å². The van der Waals surface area contributed by atoms with Gasteiger partial charge in [-0.1, -0.05) is 44.2 Å². The van der Waals surface area contributed by atoms with Gasteiger partial charge in [-0.25, -0.2) is 0 Å². The van der Waals surface area contributed by atoms with Crippen LogP contribution in [0.15, 0.2) is 65.5 Å². The van der Waals surface area contributed by atoms with E-state index in [4.69, 9.17) is 4.74 Å². The molecule has 2 rings (SSSR count). The van der Waals surface area contributed by atoms with Crippen molar-refractivity contribution in [2.24, 2.45) is 5.10 Å². The molecule has 0 atom stereocenters. The third-order valence-corrected chi connectivity index (χ3v) is 4.18. The number of hydrogen-bond donors (Lipinski definition) is 1. The molecule has 5 heteroatoms. The molecule has 0 saturated heterocycles. The lowest BCUT2D eigenvalue weighted by atomic mass is 10.0. The molecular formula is C22H26N2O3. The highest BCUT2D eigenvalue weighted by Crippen LogP contribution is 2.30. The minimum absolute atomic E-state index is 0.0599. The van der Waals surface area contributed by atoms with Crippen molar-refractivity contribution < 1.29 is 14.6 Å². The van der Waals surface area contributed by atoms with Gasteiger partial charge in [0, 0.05) is 0 Å². The molecule has 142 valence electrons. The number of aromatic hydroxyl groups is 1. The summed E-state index contributed by atoms with van der Waals surface area (Å²) in [4.78, 5) is 13.0. The van der Waals surface area contributed by atoms with Crippen molar-refractivity contribution in [3.8, 4) is 11.5 Å². The van der Waals surface area contributed by atoms with E-state index in [1.165, 1.54) is 12.1 Å². The fourth-order valence-electron chi connectivity index (χ4n) is 2.71. The number of rotatable bonds is 8. The Hall–Kier alpha value is -3.08. The quantitative estimate of drug-likeness (QED) is 0.530. The average Bonchev–Trinajstić information content (AvgIpc) is 2.98. The molecule has 0 aliphatic carbocycles. The van der Waals surface area contributed by atoms with Gasteiger partial charge in [-0.3, -0.25) is 4.79 Å². The number of carbonyl (C=O) groups is 1. The fourth-order valence-corrected chi connectivity index (χ4v) is 2.71. The number of unbranched alkanes of at least 4 members (excludes halogenated alkanes) is 1. The SMILES string of the molecule is C=C/C=C\C(=C/C)N1N=C(CCCC)/C(=C/c2ccc(O)c(OC)c2)C1=O. The number of benzene rings is 1. The Morgan fingerprint density at radius 1 is 1.41 bits per heavy atom. The van der Waals surface area contributed by atoms with Crippen LogP contribution in [0.2, 0.25) is 0 Å². The summed E-state index contributed by atoms with van der Waals surface area (Å²) >= 11 is 0. The number of hydrazone groups is 1. The number of amides is 1. The summed E-state index contributed by atoms with van der Waals surface area (Å²) in [6.45, 7) is 7.63. The van der Waals surface area contributed by atoms with Gasteiger partial charge in [0.2, 0.25) is 0 Å². The zero-order chi connectivity index (χ0) is 19.8. The summed E-state index contributed by atoms with van der Waals surface area (Å²) in [5.74, 6) is 0.251. The van der Waals surface area contributed by atoms with Gasteiger partial charge >= 0.3 is 0 Å². The van der Waals surface area contributed by atoms with Crippen molar-refractivity contribution in [1.82, 2.24) is 5.01 Å². The van der Waals surface area contributed by atoms with Crippen LogP contribution in [0.3, 0.4) is 0 Å². The van der Waals surface area contributed by atoms with Crippen LogP contribution in [0.25, 0.3) is 6.08 Å². The molecule has 1 aliphatic rings. The van der Waals surface area contributed by atoms with Crippen LogP contribution in [0.1, 0.15) is 38.7 Å². The number of ether oxygens (including phenoxy) is 1. The highest BCUT2D eigenvalue weighted by molar-refractivity contribution is 6.27. The molecule has 1 aromatic rings. The normalized spacial score (nSPS) is 16.3. The summed E-state index contributed by atoms with van der Waals surface area (Å²) in [5, 5.41) is 15.8. The van der Waals surface area contributed by atoms with Crippen LogP contribution in [0.4, 0.5) is 0 Å². The van der Waals surface area contributed by atoms with Crippen LogP contribution in [-0.4, -0.2) is 28.8 Å². The molecule has 1 heterocycles. The second-order valence-electron chi connectivity index (χ2n) is 6.06. The van der Waals surface area contributed by atoms with Crippen LogP contribution >= 0.6 is 0 Å². The topological polar surface area (TPSA) is 62.1 Å². The maximum atomic E-state index is 13.0. The van der Waals surface area contributed by atoms with Crippen molar-refractivity contribution in [3.63, 3.8) is 0 Å². The molecule has 0 bridgehead atoms. The minimum atomic E-state index is -0.171. The Labute approximate surface area is 160 Å². The Balaban J connectivity index is 2.44. The van der Waals surface area contributed by atoms with E-state index in [-0.39, 0.29) is 11.7 Å². The molecule has 27 heavy (non-hydrogen) atoms. The van der Waals surface area contributed by atoms with E-state index < -0.39 is 0 Å². The van der Waals surface area contributed by atoms with E-state index in [9.17, 15) is 9.90 Å². The van der Waals surface area contributed by atoms with E-state index in [1.807, 2.05) is 13.0 Å². The Morgan fingerprint density at radius 3 is 2.81 bits per heavy atom. The van der Waals surface area contributed by atoms with Crippen molar-refractivity contribution in [1.29, 1.82) is 0 Å². The van der Waals surface area contributed by atoms with Gasteiger partial charge < -0.3 is 9.84 Å². The molecule has 1 amide bonds. The smallest absolute Gasteiger partial charge is 0.280 e. The number of phenolic OH excluding ortho intramolecular Hbond substituents is 1. The molecule has 0 spiro atoms. The first kappa shape index (κ1) is 20.2. The second kappa shape index (κ2) is 9.57. The van der Waals surface area contributed by atoms with Gasteiger partial charge in [-0.05, 0) is 49.6 Å². The lowest BCUT2D eigenvalue weighted by molar-refractivity contribution is -0.123. The second-order valence-corrected chi connectivity index (χ2v) is 6.06. The predicted molar refractivity (Wildman–Crippen MR) is 110 cm³/mol. The minimum Gasteiger partial charge on any atom is -0.504 e. The molecular weight excluding hydrogens is 340 g/mol. The maximum absolute atomic E-state index is 13.0. The lowest BCUT2D eigenvalue weighted by Crippen LogP contribution is -2.20. The van der Waals surface area contributed by atoms with Crippen LogP contribution < -0.4 is 4.74 Å². The van der Waals surface area contributed by atoms with E-state index in [0.717, 1.165) is 30.5 Å². The number of hydrogen-bond acceptors (Lipinski definition) is 4. The zero-order valence-electron chi connectivity index (χ0n) is 16.1. The third-order valence-electron chi connectivity index (χ3n) is 4.18. The van der Waals surface area contributed by atoms with Crippen molar-refractivity contribution >= 4 is 17.7 Å². The highest BCUT2D eigenvalue weighted by Gasteiger charge is 2.30. The van der Waals surface area contributed by atoms with Gasteiger partial charge in [-0.15, -0.1) is 0 Å². The molecule has 0 saturated carbocycles. The van der Waals surface area contributed by atoms with Crippen LogP contribution in [-0.2, 0) is 4.79 Å². The number of carbonyl (C=O) groups excluding carboxylic acids is 1. The van der Waals surface area contributed by atoms with Gasteiger partial charge in [0.15, 0.2) is 11.5 Å². The summed E-state index contributed by atoms with van der Waals surface area (Å²) in [6, 6.07) is 4.99. The maximum Gasteiger partial charge on any atom is 0.280 e. The van der Waals surface area contributed by atoms with Crippen molar-refractivity contribution in [3.05, 3.63) is 65.9 Å². The van der Waals surface area contributed by atoms with Gasteiger partial charge in [0.25, 0.3) is 5.91 Å². The Morgan fingerprint density at radius 2 is 2.19 bits per heavy atom. The molecule has 0 radical (unpaired) electrons. The highest BCUT2D eigenvalue weighted by atomic mass is 16.5. The summed E-state index contributed by atoms with van der Waals surface area (Å²) in [5.41, 5.74) is 2.78. The Bertz CT molecular complexity index is 832. The molecule has 1 aliphatic heterocycles. The molecule has 0 aromatic heterocycles. The van der Waals surface area contributed by atoms with E-state index >= 15 is 0 Å². The first-order valence-corrected chi connectivity index (χ1v) is 9.02. The zero-order valence-corrected chi connectivity index (χ0v) is 16.1. The fraction of sp³-hybridized carbons (Fsp3) is 0.273. The molecule has 1 N–H and O–H groups in total. The predicted octanol–water partition coefficient (Wildman–Crippen LogP) is 4.82. The summed E-state index contributed by atoms with van der Waals surface area (Å²) in [7, 11) is 1.49. The standard InChI is InChI=1S/C22H26N2O3/c1-5-8-10-17(7-3)24-22(26)18(19(23-24)11-9-6-2)14-16-12-13-20(25)21(15-16)27-4/h5,7-8,10,12-15,25H,1,6,9,11H2,2-4H3/b10-8-,17-7+,18-14-. The van der Waals surface area contributed by atoms with E-state index in [1.54, 1.807) is 42.5 Å². The third kappa shape index (κ3) is 4.76. The lowest BCUT2D eigenvalue weighted by Gasteiger charge is -2.12. The molecule has 0 fully saturated rings. The molecule has 0 unspecified atom stereocenters. The van der Waals surface area contributed by atoms with E-state index in [2.05, 4.69) is 18.6 Å². The molecule has 5 nitrogen and oxygen atoms in total. The van der Waals surface area contributed by atoms with E-state index in [0.29, 0.717) is 17.0 Å². The van der Waals surface area contributed by atoms with Crippen molar-refractivity contribution in [2.75, 3.05) is 7.11 Å². The number of methoxy groups -OCH3 is 1. The van der Waals surface area contributed by atoms with Gasteiger partial charge in [0.05, 0.1) is 24.1 Å². The number of allylic oxidation sites excluding steroid dienone is 4. The average molecular weight is 366 g/mol. The monoisotopic (exact) mass is 366 g/mol. The first-order chi connectivity index (χ1) is 13.0. The summed E-state index contributed by atoms with van der Waals surface area (Å²) < 4.78 is 5.16. The number of phenols is 1. The Kier molecular flexibility index (Phi) is 7.17. The van der Waals surface area contributed by atoms with Gasteiger partial charge in [0.1, 0.15) is 0 Å². The summed E-state index contributed by atoms with van der Waals surface area (Å²) in [6.07, 6.45) is 11.6. The van der Waals surface area contributed by atoms with Crippen molar-refractivity contribution in [2.45, 2.75) is 33.1 Å². The molecule has 1 aromatic carbocycles. The first-order valence-electron chi connectivity index (χ1n) is 9.02.